The monoisotopic (exact) mass is 626 g/mol. The first-order valence-electron chi connectivity index (χ1n) is 16.5. The van der Waals surface area contributed by atoms with E-state index in [9.17, 15) is 0 Å². The van der Waals surface area contributed by atoms with Gasteiger partial charge in [0.25, 0.3) is 0 Å². The Bertz CT molecular complexity index is 2440. The minimum atomic E-state index is -0.539. The van der Waals surface area contributed by atoms with Gasteiger partial charge in [-0.05, 0) is 93.8 Å². The zero-order chi connectivity index (χ0) is 32.6. The molecule has 8 aromatic rings. The van der Waals surface area contributed by atoms with Gasteiger partial charge in [-0.2, -0.15) is 0 Å². The van der Waals surface area contributed by atoms with E-state index in [1.807, 2.05) is 36.4 Å². The molecule has 0 amide bonds. The van der Waals surface area contributed by atoms with Gasteiger partial charge in [-0.25, -0.2) is 0 Å². The average Bonchev–Trinajstić information content (AvgIpc) is 3.68. The fourth-order valence-corrected chi connectivity index (χ4v) is 7.11. The lowest BCUT2D eigenvalue weighted by Crippen LogP contribution is -2.41. The van der Waals surface area contributed by atoms with Crippen molar-refractivity contribution in [2.45, 2.75) is 38.9 Å². The summed E-state index contributed by atoms with van der Waals surface area (Å²) >= 11 is 0. The minimum absolute atomic E-state index is 0.468. The third-order valence-electron chi connectivity index (χ3n) is 10.2. The van der Waals surface area contributed by atoms with E-state index in [4.69, 9.17) is 14.0 Å². The van der Waals surface area contributed by atoms with Gasteiger partial charge in [0.05, 0.1) is 33.3 Å². The number of ether oxygens (including phenoxy) is 1. The SMILES string of the molecule is CC1(C)OB(c2cc(Oc3ccccc3)cc(-n3c4ccccc4c4cc(-n5c6ccccc6c6ccccc65)ccc43)c2)OC1(C)C. The molecule has 2 aromatic heterocycles. The van der Waals surface area contributed by atoms with E-state index >= 15 is 0 Å². The summed E-state index contributed by atoms with van der Waals surface area (Å²) in [5.41, 5.74) is 6.69. The van der Waals surface area contributed by atoms with Crippen molar-refractivity contribution >= 4 is 56.2 Å². The number of rotatable bonds is 5. The fraction of sp³-hybridized carbons (Fsp3) is 0.143. The van der Waals surface area contributed by atoms with Gasteiger partial charge >= 0.3 is 7.12 Å². The van der Waals surface area contributed by atoms with Crippen LogP contribution in [-0.2, 0) is 9.31 Å². The third kappa shape index (κ3) is 4.48. The quantitative estimate of drug-likeness (QED) is 0.179. The van der Waals surface area contributed by atoms with Crippen LogP contribution >= 0.6 is 0 Å². The van der Waals surface area contributed by atoms with E-state index < -0.39 is 18.3 Å². The van der Waals surface area contributed by atoms with Crippen molar-refractivity contribution in [2.75, 3.05) is 0 Å². The molecule has 1 saturated heterocycles. The zero-order valence-electron chi connectivity index (χ0n) is 27.5. The van der Waals surface area contributed by atoms with Crippen molar-refractivity contribution < 1.29 is 14.0 Å². The van der Waals surface area contributed by atoms with Gasteiger partial charge in [0.1, 0.15) is 11.5 Å². The Hall–Kier alpha value is -5.30. The minimum Gasteiger partial charge on any atom is -0.457 e. The lowest BCUT2D eigenvalue weighted by Gasteiger charge is -2.32. The first-order chi connectivity index (χ1) is 23.3. The van der Waals surface area contributed by atoms with Crippen molar-refractivity contribution in [1.29, 1.82) is 0 Å². The lowest BCUT2D eigenvalue weighted by molar-refractivity contribution is 0.00578. The number of nitrogens with zero attached hydrogens (tertiary/aromatic N) is 2. The third-order valence-corrected chi connectivity index (χ3v) is 10.2. The molecule has 5 nitrogen and oxygen atoms in total. The molecule has 9 rings (SSSR count). The maximum atomic E-state index is 6.54. The molecule has 0 atom stereocenters. The van der Waals surface area contributed by atoms with Crippen LogP contribution in [0, 0.1) is 0 Å². The molecule has 0 aliphatic carbocycles. The predicted octanol–water partition coefficient (Wildman–Crippen LogP) is 9.97. The highest BCUT2D eigenvalue weighted by molar-refractivity contribution is 6.62. The van der Waals surface area contributed by atoms with Crippen LogP contribution in [0.5, 0.6) is 11.5 Å². The highest BCUT2D eigenvalue weighted by atomic mass is 16.7. The number of benzene rings is 6. The summed E-state index contributed by atoms with van der Waals surface area (Å²) in [7, 11) is -0.539. The molecule has 0 N–H and O–H groups in total. The van der Waals surface area contributed by atoms with Crippen LogP contribution in [0.25, 0.3) is 55.0 Å². The van der Waals surface area contributed by atoms with Crippen LogP contribution in [0.3, 0.4) is 0 Å². The molecule has 0 spiro atoms. The van der Waals surface area contributed by atoms with Gasteiger partial charge in [0.2, 0.25) is 0 Å². The van der Waals surface area contributed by atoms with E-state index in [0.717, 1.165) is 39.4 Å². The standard InChI is InChI=1S/C42H35BN2O3/c1-41(2)42(3,4)48-43(47-41)28-24-30(26-32(25-28)46-31-14-6-5-7-15-31)45-39-21-13-10-18-35(39)36-27-29(22-23-40(36)45)44-37-19-11-8-16-33(37)34-17-9-12-20-38(34)44/h5-27H,1-4H3. The maximum Gasteiger partial charge on any atom is 0.495 e. The van der Waals surface area contributed by atoms with Gasteiger partial charge in [0, 0.05) is 39.0 Å². The lowest BCUT2D eigenvalue weighted by atomic mass is 9.78. The average molecular weight is 627 g/mol. The number of fused-ring (bicyclic) bond motifs is 6. The molecule has 0 radical (unpaired) electrons. The maximum absolute atomic E-state index is 6.54. The molecule has 0 saturated carbocycles. The summed E-state index contributed by atoms with van der Waals surface area (Å²) in [4.78, 5) is 0. The van der Waals surface area contributed by atoms with Crippen molar-refractivity contribution in [3.05, 3.63) is 140 Å². The Balaban J connectivity index is 1.26. The highest BCUT2D eigenvalue weighted by Crippen LogP contribution is 2.39. The van der Waals surface area contributed by atoms with Gasteiger partial charge in [-0.1, -0.05) is 72.8 Å². The van der Waals surface area contributed by atoms with Crippen LogP contribution in [0.1, 0.15) is 27.7 Å². The first kappa shape index (κ1) is 28.9. The highest BCUT2D eigenvalue weighted by Gasteiger charge is 2.52. The molecule has 0 bridgehead atoms. The topological polar surface area (TPSA) is 37.5 Å². The summed E-state index contributed by atoms with van der Waals surface area (Å²) in [6.45, 7) is 8.33. The van der Waals surface area contributed by atoms with E-state index in [1.54, 1.807) is 0 Å². The number of hydrogen-bond donors (Lipinski definition) is 0. The molecule has 1 aliphatic heterocycles. The molecular formula is C42H35BN2O3. The van der Waals surface area contributed by atoms with Gasteiger partial charge in [-0.3, -0.25) is 0 Å². The van der Waals surface area contributed by atoms with Crippen LogP contribution in [0.15, 0.2) is 140 Å². The zero-order valence-corrected chi connectivity index (χ0v) is 27.5. The molecule has 1 fully saturated rings. The van der Waals surface area contributed by atoms with E-state index in [2.05, 4.69) is 140 Å². The number of para-hydroxylation sites is 4. The Morgan fingerprint density at radius 2 is 0.958 bits per heavy atom. The largest absolute Gasteiger partial charge is 0.495 e. The van der Waals surface area contributed by atoms with Crippen LogP contribution in [0.4, 0.5) is 0 Å². The molecule has 48 heavy (non-hydrogen) atoms. The second-order valence-corrected chi connectivity index (χ2v) is 13.7. The fourth-order valence-electron chi connectivity index (χ4n) is 7.11. The predicted molar refractivity (Wildman–Crippen MR) is 197 cm³/mol. The van der Waals surface area contributed by atoms with Crippen molar-refractivity contribution in [1.82, 2.24) is 9.13 Å². The Morgan fingerprint density at radius 1 is 0.458 bits per heavy atom. The molecule has 6 aromatic carbocycles. The second-order valence-electron chi connectivity index (χ2n) is 13.7. The Morgan fingerprint density at radius 3 is 1.56 bits per heavy atom. The normalized spacial score (nSPS) is 15.6. The first-order valence-corrected chi connectivity index (χ1v) is 16.5. The molecule has 6 heteroatoms. The van der Waals surface area contributed by atoms with Crippen LogP contribution in [-0.4, -0.2) is 27.5 Å². The summed E-state index contributed by atoms with van der Waals surface area (Å²) in [6, 6.07) is 48.9. The second kappa shape index (κ2) is 10.6. The Kier molecular flexibility index (Phi) is 6.39. The van der Waals surface area contributed by atoms with E-state index in [1.165, 1.54) is 32.6 Å². The Labute approximate surface area is 280 Å². The number of hydrogen-bond acceptors (Lipinski definition) is 3. The smallest absolute Gasteiger partial charge is 0.457 e. The van der Waals surface area contributed by atoms with Crippen molar-refractivity contribution in [3.8, 4) is 22.9 Å². The van der Waals surface area contributed by atoms with Gasteiger partial charge in [0.15, 0.2) is 0 Å². The molecular weight excluding hydrogens is 591 g/mol. The molecule has 1 aliphatic rings. The van der Waals surface area contributed by atoms with Gasteiger partial charge < -0.3 is 23.2 Å². The molecule has 234 valence electrons. The van der Waals surface area contributed by atoms with Crippen LogP contribution in [0.2, 0.25) is 0 Å². The summed E-state index contributed by atoms with van der Waals surface area (Å²) in [5, 5.41) is 4.86. The van der Waals surface area contributed by atoms with E-state index in [-0.39, 0.29) is 0 Å². The van der Waals surface area contributed by atoms with Crippen molar-refractivity contribution in [3.63, 3.8) is 0 Å². The summed E-state index contributed by atoms with van der Waals surface area (Å²) in [6.07, 6.45) is 0. The molecule has 3 heterocycles. The van der Waals surface area contributed by atoms with E-state index in [0.29, 0.717) is 0 Å². The number of aromatic nitrogens is 2. The van der Waals surface area contributed by atoms with Crippen molar-refractivity contribution in [2.24, 2.45) is 0 Å². The summed E-state index contributed by atoms with van der Waals surface area (Å²) in [5.74, 6) is 1.49. The summed E-state index contributed by atoms with van der Waals surface area (Å²) < 4.78 is 24.3. The van der Waals surface area contributed by atoms with Crippen LogP contribution < -0.4 is 10.2 Å². The molecule has 0 unspecified atom stereocenters. The van der Waals surface area contributed by atoms with Gasteiger partial charge in [-0.15, -0.1) is 0 Å².